The topological polar surface area (TPSA) is 55.2 Å². The maximum Gasteiger partial charge on any atom is 0.243 e. The fourth-order valence-electron chi connectivity index (χ4n) is 2.13. The molecule has 2 rings (SSSR count). The third-order valence-electron chi connectivity index (χ3n) is 3.44. The molecular weight excluding hydrogens is 286 g/mol. The Morgan fingerprint density at radius 2 is 1.95 bits per heavy atom. The van der Waals surface area contributed by atoms with Gasteiger partial charge < -0.3 is 0 Å². The predicted octanol–water partition coefficient (Wildman–Crippen LogP) is 2.34. The quantitative estimate of drug-likeness (QED) is 0.852. The summed E-state index contributed by atoms with van der Waals surface area (Å²) in [6, 6.07) is 7.31. The molecule has 0 fully saturated rings. The van der Waals surface area contributed by atoms with Gasteiger partial charge in [-0.05, 0) is 44.0 Å². The van der Waals surface area contributed by atoms with Crippen molar-refractivity contribution < 1.29 is 8.42 Å². The fourth-order valence-corrected chi connectivity index (χ4v) is 3.58. The zero-order valence-corrected chi connectivity index (χ0v) is 13.7. The molecular formula is C15H21N3O2S. The van der Waals surface area contributed by atoms with E-state index >= 15 is 0 Å². The van der Waals surface area contributed by atoms with Gasteiger partial charge in [0.2, 0.25) is 10.0 Å². The zero-order valence-electron chi connectivity index (χ0n) is 12.9. The van der Waals surface area contributed by atoms with E-state index in [1.807, 2.05) is 45.2 Å². The molecule has 0 saturated heterocycles. The van der Waals surface area contributed by atoms with E-state index in [9.17, 15) is 8.42 Å². The Morgan fingerprint density at radius 1 is 1.24 bits per heavy atom. The van der Waals surface area contributed by atoms with Crippen LogP contribution in [0.2, 0.25) is 0 Å². The fraction of sp³-hybridized carbons (Fsp3) is 0.400. The van der Waals surface area contributed by atoms with Crippen molar-refractivity contribution in [3.05, 3.63) is 47.3 Å². The molecule has 1 aromatic heterocycles. The first-order chi connectivity index (χ1) is 9.84. The minimum Gasteiger partial charge on any atom is -0.273 e. The molecule has 0 spiro atoms. The van der Waals surface area contributed by atoms with Crippen molar-refractivity contribution in [3.63, 3.8) is 0 Å². The van der Waals surface area contributed by atoms with Gasteiger partial charge in [-0.15, -0.1) is 0 Å². The van der Waals surface area contributed by atoms with Crippen LogP contribution in [0.4, 0.5) is 0 Å². The Morgan fingerprint density at radius 3 is 2.57 bits per heavy atom. The third kappa shape index (κ3) is 3.33. The van der Waals surface area contributed by atoms with E-state index < -0.39 is 10.0 Å². The summed E-state index contributed by atoms with van der Waals surface area (Å²) < 4.78 is 28.5. The normalized spacial score (nSPS) is 12.0. The molecule has 0 aliphatic carbocycles. The van der Waals surface area contributed by atoms with Gasteiger partial charge in [0.25, 0.3) is 0 Å². The van der Waals surface area contributed by atoms with Crippen LogP contribution in [0.3, 0.4) is 0 Å². The van der Waals surface area contributed by atoms with Gasteiger partial charge in [-0.3, -0.25) is 4.68 Å². The third-order valence-corrected chi connectivity index (χ3v) is 5.38. The summed E-state index contributed by atoms with van der Waals surface area (Å²) in [5, 5.41) is 4.33. The molecule has 0 N–H and O–H groups in total. The molecule has 0 bridgehead atoms. The SMILES string of the molecule is CCn1ccc(CN(C)S(=O)(=O)c2cc(C)ccc2C)n1. The second-order valence-electron chi connectivity index (χ2n) is 5.19. The van der Waals surface area contributed by atoms with Crippen molar-refractivity contribution >= 4 is 10.0 Å². The number of aryl methyl sites for hydroxylation is 3. The summed E-state index contributed by atoms with van der Waals surface area (Å²) in [5.41, 5.74) is 2.43. The smallest absolute Gasteiger partial charge is 0.243 e. The van der Waals surface area contributed by atoms with Crippen molar-refractivity contribution in [2.75, 3.05) is 7.05 Å². The maximum atomic E-state index is 12.7. The van der Waals surface area contributed by atoms with Gasteiger partial charge in [0.1, 0.15) is 0 Å². The number of aromatic nitrogens is 2. The molecule has 2 aromatic rings. The van der Waals surface area contributed by atoms with Crippen molar-refractivity contribution in [2.45, 2.75) is 38.8 Å². The number of nitrogens with zero attached hydrogens (tertiary/aromatic N) is 3. The molecule has 0 aliphatic rings. The molecule has 1 heterocycles. The van der Waals surface area contributed by atoms with Crippen molar-refractivity contribution in [3.8, 4) is 0 Å². The van der Waals surface area contributed by atoms with Gasteiger partial charge in [0, 0.05) is 19.8 Å². The Balaban J connectivity index is 2.28. The van der Waals surface area contributed by atoms with Crippen LogP contribution in [0.15, 0.2) is 35.4 Å². The summed E-state index contributed by atoms with van der Waals surface area (Å²) in [6.07, 6.45) is 1.85. The molecule has 0 radical (unpaired) electrons. The highest BCUT2D eigenvalue weighted by molar-refractivity contribution is 7.89. The van der Waals surface area contributed by atoms with E-state index in [1.54, 1.807) is 17.8 Å². The van der Waals surface area contributed by atoms with E-state index in [0.29, 0.717) is 4.90 Å². The molecule has 0 aliphatic heterocycles. The minimum atomic E-state index is -3.50. The number of benzene rings is 1. The first-order valence-corrected chi connectivity index (χ1v) is 8.34. The minimum absolute atomic E-state index is 0.267. The van der Waals surface area contributed by atoms with Gasteiger partial charge in [0.15, 0.2) is 0 Å². The summed E-state index contributed by atoms with van der Waals surface area (Å²) in [7, 11) is -1.92. The van der Waals surface area contributed by atoms with Gasteiger partial charge >= 0.3 is 0 Å². The van der Waals surface area contributed by atoms with E-state index in [4.69, 9.17) is 0 Å². The Hall–Kier alpha value is -1.66. The summed E-state index contributed by atoms with van der Waals surface area (Å²) in [5.74, 6) is 0. The van der Waals surface area contributed by atoms with Crippen LogP contribution in [0.1, 0.15) is 23.7 Å². The van der Waals surface area contributed by atoms with Crippen LogP contribution < -0.4 is 0 Å². The molecule has 6 heteroatoms. The zero-order chi connectivity index (χ0) is 15.6. The lowest BCUT2D eigenvalue weighted by Crippen LogP contribution is -2.27. The molecule has 0 saturated carbocycles. The van der Waals surface area contributed by atoms with Gasteiger partial charge in [-0.2, -0.15) is 9.40 Å². The Bertz CT molecular complexity index is 735. The lowest BCUT2D eigenvalue weighted by Gasteiger charge is -2.18. The average molecular weight is 307 g/mol. The van der Waals surface area contributed by atoms with Crippen molar-refractivity contribution in [2.24, 2.45) is 0 Å². The Labute approximate surface area is 126 Å². The summed E-state index contributed by atoms with van der Waals surface area (Å²) in [6.45, 7) is 6.73. The lowest BCUT2D eigenvalue weighted by molar-refractivity contribution is 0.458. The molecule has 114 valence electrons. The number of hydrogen-bond acceptors (Lipinski definition) is 3. The van der Waals surface area contributed by atoms with Crippen LogP contribution in [0.25, 0.3) is 0 Å². The van der Waals surface area contributed by atoms with Crippen LogP contribution in [-0.2, 0) is 23.1 Å². The number of sulfonamides is 1. The summed E-state index contributed by atoms with van der Waals surface area (Å²) in [4.78, 5) is 0.361. The van der Waals surface area contributed by atoms with Gasteiger partial charge in [-0.1, -0.05) is 12.1 Å². The second kappa shape index (κ2) is 5.99. The highest BCUT2D eigenvalue weighted by Crippen LogP contribution is 2.21. The number of hydrogen-bond donors (Lipinski definition) is 0. The first kappa shape index (κ1) is 15.7. The first-order valence-electron chi connectivity index (χ1n) is 6.90. The molecule has 0 amide bonds. The largest absolute Gasteiger partial charge is 0.273 e. The predicted molar refractivity (Wildman–Crippen MR) is 82.5 cm³/mol. The van der Waals surface area contributed by atoms with Gasteiger partial charge in [0.05, 0.1) is 17.1 Å². The second-order valence-corrected chi connectivity index (χ2v) is 7.21. The lowest BCUT2D eigenvalue weighted by atomic mass is 10.2. The molecule has 0 unspecified atom stereocenters. The molecule has 21 heavy (non-hydrogen) atoms. The van der Waals surface area contributed by atoms with Crippen molar-refractivity contribution in [1.29, 1.82) is 0 Å². The van der Waals surface area contributed by atoms with E-state index in [1.165, 1.54) is 4.31 Å². The average Bonchev–Trinajstić information content (AvgIpc) is 2.89. The highest BCUT2D eigenvalue weighted by atomic mass is 32.2. The standard InChI is InChI=1S/C15H21N3O2S/c1-5-18-9-8-14(16-18)11-17(4)21(19,20)15-10-12(2)6-7-13(15)3/h6-10H,5,11H2,1-4H3. The highest BCUT2D eigenvalue weighted by Gasteiger charge is 2.23. The monoisotopic (exact) mass is 307 g/mol. The van der Waals surface area contributed by atoms with E-state index in [0.717, 1.165) is 23.4 Å². The van der Waals surface area contributed by atoms with Crippen LogP contribution in [-0.4, -0.2) is 29.6 Å². The molecule has 1 aromatic carbocycles. The van der Waals surface area contributed by atoms with Crippen LogP contribution >= 0.6 is 0 Å². The number of rotatable bonds is 5. The maximum absolute atomic E-state index is 12.7. The summed E-state index contributed by atoms with van der Waals surface area (Å²) >= 11 is 0. The van der Waals surface area contributed by atoms with Crippen LogP contribution in [0, 0.1) is 13.8 Å². The molecule has 5 nitrogen and oxygen atoms in total. The molecule has 0 atom stereocenters. The van der Waals surface area contributed by atoms with E-state index in [2.05, 4.69) is 5.10 Å². The van der Waals surface area contributed by atoms with E-state index in [-0.39, 0.29) is 6.54 Å². The van der Waals surface area contributed by atoms with Crippen LogP contribution in [0.5, 0.6) is 0 Å². The Kier molecular flexibility index (Phi) is 4.49. The van der Waals surface area contributed by atoms with Gasteiger partial charge in [-0.25, -0.2) is 8.42 Å². The van der Waals surface area contributed by atoms with Crippen molar-refractivity contribution in [1.82, 2.24) is 14.1 Å².